The molecule has 1 unspecified atom stereocenters. The topological polar surface area (TPSA) is 69.6 Å². The van der Waals surface area contributed by atoms with E-state index in [2.05, 4.69) is 15.1 Å². The smallest absolute Gasteiger partial charge is 0.170 e. The van der Waals surface area contributed by atoms with Crippen molar-refractivity contribution < 1.29 is 4.39 Å². The normalized spacial score (nSPS) is 16.8. The Labute approximate surface area is 139 Å². The van der Waals surface area contributed by atoms with Crippen molar-refractivity contribution in [2.75, 3.05) is 5.73 Å². The van der Waals surface area contributed by atoms with E-state index in [0.29, 0.717) is 22.3 Å². The van der Waals surface area contributed by atoms with E-state index in [4.69, 9.17) is 5.73 Å². The molecule has 2 N–H and O–H groups in total. The van der Waals surface area contributed by atoms with Gasteiger partial charge >= 0.3 is 0 Å². The number of anilines is 1. The predicted octanol–water partition coefficient (Wildman–Crippen LogP) is 3.89. The lowest BCUT2D eigenvalue weighted by molar-refractivity contribution is 0.383. The van der Waals surface area contributed by atoms with Crippen molar-refractivity contribution >= 4 is 16.9 Å². The maximum Gasteiger partial charge on any atom is 0.170 e. The van der Waals surface area contributed by atoms with Gasteiger partial charge in [0.1, 0.15) is 17.8 Å². The van der Waals surface area contributed by atoms with E-state index >= 15 is 4.39 Å². The first-order valence-electron chi connectivity index (χ1n) is 8.34. The largest absolute Gasteiger partial charge is 0.383 e. The van der Waals surface area contributed by atoms with Gasteiger partial charge in [0, 0.05) is 0 Å². The lowest BCUT2D eigenvalue weighted by atomic mass is 10.0. The standard InChI is InChI=1S/C18H20FN5/c1-11-5-4-6-12(9-11)15(19)16-14-17(20)21-10-22-18(14)24(23-16)13-7-2-3-8-13/h4-6,9-10,13,15H,2-3,7-8H2,1H3,(H2,20,21,22). The molecule has 3 aromatic rings. The molecule has 2 aromatic heterocycles. The fourth-order valence-electron chi connectivity index (χ4n) is 3.59. The van der Waals surface area contributed by atoms with Crippen molar-refractivity contribution in [3.63, 3.8) is 0 Å². The highest BCUT2D eigenvalue weighted by Crippen LogP contribution is 2.37. The van der Waals surface area contributed by atoms with Crippen molar-refractivity contribution in [3.8, 4) is 0 Å². The number of hydrogen-bond acceptors (Lipinski definition) is 4. The summed E-state index contributed by atoms with van der Waals surface area (Å²) in [4.78, 5) is 8.39. The first-order chi connectivity index (χ1) is 11.6. The Morgan fingerprint density at radius 2 is 2.04 bits per heavy atom. The van der Waals surface area contributed by atoms with Crippen LogP contribution in [0.5, 0.6) is 0 Å². The van der Waals surface area contributed by atoms with Crippen LogP contribution in [0.3, 0.4) is 0 Å². The summed E-state index contributed by atoms with van der Waals surface area (Å²) in [6, 6.07) is 7.68. The van der Waals surface area contributed by atoms with Gasteiger partial charge in [-0.1, -0.05) is 42.7 Å². The molecule has 5 nitrogen and oxygen atoms in total. The van der Waals surface area contributed by atoms with E-state index in [1.165, 1.54) is 19.2 Å². The Hall–Kier alpha value is -2.50. The number of rotatable bonds is 3. The van der Waals surface area contributed by atoms with E-state index in [1.807, 2.05) is 29.8 Å². The third-order valence-corrected chi connectivity index (χ3v) is 4.79. The summed E-state index contributed by atoms with van der Waals surface area (Å²) in [5, 5.41) is 5.14. The van der Waals surface area contributed by atoms with Crippen LogP contribution in [0.15, 0.2) is 30.6 Å². The SMILES string of the molecule is Cc1cccc(C(F)c2nn(C3CCCC3)c3ncnc(N)c23)c1. The van der Waals surface area contributed by atoms with Gasteiger partial charge in [0.15, 0.2) is 11.8 Å². The zero-order chi connectivity index (χ0) is 16.7. The van der Waals surface area contributed by atoms with Crippen molar-refractivity contribution in [1.29, 1.82) is 0 Å². The van der Waals surface area contributed by atoms with Crippen LogP contribution in [0, 0.1) is 6.92 Å². The quantitative estimate of drug-likeness (QED) is 0.793. The average molecular weight is 325 g/mol. The summed E-state index contributed by atoms with van der Waals surface area (Å²) in [5.74, 6) is 0.287. The Bertz CT molecular complexity index is 882. The first kappa shape index (κ1) is 15.1. The molecule has 0 radical (unpaired) electrons. The summed E-state index contributed by atoms with van der Waals surface area (Å²) < 4.78 is 17.1. The molecule has 124 valence electrons. The molecule has 1 atom stereocenters. The van der Waals surface area contributed by atoms with Gasteiger partial charge in [0.05, 0.1) is 11.4 Å². The molecule has 2 heterocycles. The third kappa shape index (κ3) is 2.42. The fourth-order valence-corrected chi connectivity index (χ4v) is 3.59. The summed E-state index contributed by atoms with van der Waals surface area (Å²) in [6.07, 6.45) is 4.50. The highest BCUT2D eigenvalue weighted by Gasteiger charge is 2.28. The molecule has 6 heteroatoms. The molecule has 1 fully saturated rings. The molecular formula is C18H20FN5. The molecule has 24 heavy (non-hydrogen) atoms. The summed E-state index contributed by atoms with van der Waals surface area (Å²) in [5.41, 5.74) is 8.60. The van der Waals surface area contributed by atoms with E-state index in [-0.39, 0.29) is 11.9 Å². The second-order valence-electron chi connectivity index (χ2n) is 6.50. The number of hydrogen-bond donors (Lipinski definition) is 1. The molecule has 0 spiro atoms. The van der Waals surface area contributed by atoms with Gasteiger partial charge < -0.3 is 5.73 Å². The second kappa shape index (κ2) is 5.85. The predicted molar refractivity (Wildman–Crippen MR) is 91.4 cm³/mol. The molecule has 1 aromatic carbocycles. The molecule has 4 rings (SSSR count). The number of nitrogens with two attached hydrogens (primary N) is 1. The zero-order valence-electron chi connectivity index (χ0n) is 13.6. The molecule has 1 aliphatic carbocycles. The van der Waals surface area contributed by atoms with Gasteiger partial charge in [-0.25, -0.2) is 19.0 Å². The van der Waals surface area contributed by atoms with Crippen LogP contribution in [0.2, 0.25) is 0 Å². The number of aromatic nitrogens is 4. The minimum absolute atomic E-state index is 0.264. The molecule has 0 saturated heterocycles. The van der Waals surface area contributed by atoms with Gasteiger partial charge in [-0.15, -0.1) is 0 Å². The molecule has 1 aliphatic rings. The fraction of sp³-hybridized carbons (Fsp3) is 0.389. The Morgan fingerprint density at radius 3 is 2.79 bits per heavy atom. The lowest BCUT2D eigenvalue weighted by Crippen LogP contribution is -2.08. The zero-order valence-corrected chi connectivity index (χ0v) is 13.6. The van der Waals surface area contributed by atoms with Gasteiger partial charge in [0.2, 0.25) is 0 Å². The molecule has 1 saturated carbocycles. The number of halogens is 1. The highest BCUT2D eigenvalue weighted by molar-refractivity contribution is 5.88. The van der Waals surface area contributed by atoms with E-state index in [9.17, 15) is 0 Å². The maximum atomic E-state index is 15.3. The van der Waals surface area contributed by atoms with Crippen LogP contribution in [0.1, 0.15) is 54.7 Å². The third-order valence-electron chi connectivity index (χ3n) is 4.79. The van der Waals surface area contributed by atoms with Gasteiger partial charge in [-0.05, 0) is 25.3 Å². The second-order valence-corrected chi connectivity index (χ2v) is 6.50. The molecule has 0 aliphatic heterocycles. The molecular weight excluding hydrogens is 305 g/mol. The van der Waals surface area contributed by atoms with Crippen LogP contribution < -0.4 is 5.73 Å². The van der Waals surface area contributed by atoms with Crippen molar-refractivity contribution in [2.24, 2.45) is 0 Å². The Balaban J connectivity index is 1.88. The van der Waals surface area contributed by atoms with Crippen molar-refractivity contribution in [3.05, 3.63) is 47.4 Å². The molecule has 0 amide bonds. The number of aryl methyl sites for hydroxylation is 1. The van der Waals surface area contributed by atoms with Crippen LogP contribution in [-0.4, -0.2) is 19.7 Å². The van der Waals surface area contributed by atoms with Gasteiger partial charge in [-0.3, -0.25) is 0 Å². The van der Waals surface area contributed by atoms with Crippen LogP contribution in [-0.2, 0) is 0 Å². The Kier molecular flexibility index (Phi) is 3.67. The summed E-state index contributed by atoms with van der Waals surface area (Å²) in [7, 11) is 0. The van der Waals surface area contributed by atoms with E-state index in [1.54, 1.807) is 6.07 Å². The number of benzene rings is 1. The number of fused-ring (bicyclic) bond motifs is 1. The van der Waals surface area contributed by atoms with Crippen LogP contribution in [0.4, 0.5) is 10.2 Å². The minimum Gasteiger partial charge on any atom is -0.383 e. The van der Waals surface area contributed by atoms with Crippen molar-refractivity contribution in [2.45, 2.75) is 44.8 Å². The van der Waals surface area contributed by atoms with Crippen molar-refractivity contribution in [1.82, 2.24) is 19.7 Å². The monoisotopic (exact) mass is 325 g/mol. The van der Waals surface area contributed by atoms with Gasteiger partial charge in [-0.2, -0.15) is 5.10 Å². The minimum atomic E-state index is -1.34. The van der Waals surface area contributed by atoms with E-state index < -0.39 is 6.17 Å². The number of nitrogen functional groups attached to an aromatic ring is 1. The van der Waals surface area contributed by atoms with E-state index in [0.717, 1.165) is 18.4 Å². The maximum absolute atomic E-state index is 15.3. The van der Waals surface area contributed by atoms with Crippen LogP contribution >= 0.6 is 0 Å². The first-order valence-corrected chi connectivity index (χ1v) is 8.34. The number of alkyl halides is 1. The van der Waals surface area contributed by atoms with Crippen LogP contribution in [0.25, 0.3) is 11.0 Å². The van der Waals surface area contributed by atoms with Gasteiger partial charge in [0.25, 0.3) is 0 Å². The highest BCUT2D eigenvalue weighted by atomic mass is 19.1. The number of nitrogens with zero attached hydrogens (tertiary/aromatic N) is 4. The average Bonchev–Trinajstić information content (AvgIpc) is 3.22. The lowest BCUT2D eigenvalue weighted by Gasteiger charge is -2.10. The summed E-state index contributed by atoms with van der Waals surface area (Å²) >= 11 is 0. The Morgan fingerprint density at radius 1 is 1.25 bits per heavy atom. The summed E-state index contributed by atoms with van der Waals surface area (Å²) in [6.45, 7) is 1.95. The molecule has 0 bridgehead atoms.